The van der Waals surface area contributed by atoms with Gasteiger partial charge in [0.15, 0.2) is 0 Å². The van der Waals surface area contributed by atoms with Gasteiger partial charge >= 0.3 is 0 Å². The lowest BCUT2D eigenvalue weighted by molar-refractivity contribution is 0.0679. The topological polar surface area (TPSA) is 62.1 Å². The molecule has 1 atom stereocenters. The number of rotatable bonds is 7. The average Bonchev–Trinajstić information content (AvgIpc) is 3.38. The largest absolute Gasteiger partial charge is 0.491 e. The van der Waals surface area contributed by atoms with Gasteiger partial charge in [0, 0.05) is 12.4 Å². The van der Waals surface area contributed by atoms with E-state index in [0.29, 0.717) is 6.61 Å². The van der Waals surface area contributed by atoms with Gasteiger partial charge in [-0.3, -0.25) is 0 Å². The standard InChI is InChI=1S/C19H20N4O2S/c1-2-5-16(6-3-1)23-19(20-21-22-23)26-14-15-8-10-17(11-9-15)25-13-18-7-4-12-24-18/h1-3,5-6,8-11,18H,4,7,12-14H2/t18-/m1/s1. The van der Waals surface area contributed by atoms with E-state index in [2.05, 4.69) is 27.7 Å². The van der Waals surface area contributed by atoms with Crippen LogP contribution in [0.3, 0.4) is 0 Å². The molecule has 1 saturated heterocycles. The molecule has 7 heteroatoms. The molecule has 134 valence electrons. The smallest absolute Gasteiger partial charge is 0.214 e. The van der Waals surface area contributed by atoms with Gasteiger partial charge < -0.3 is 9.47 Å². The third-order valence-electron chi connectivity index (χ3n) is 4.19. The Hall–Kier alpha value is -2.38. The number of para-hydroxylation sites is 1. The molecule has 4 rings (SSSR count). The summed E-state index contributed by atoms with van der Waals surface area (Å²) < 4.78 is 13.1. The molecule has 2 heterocycles. The van der Waals surface area contributed by atoms with E-state index in [-0.39, 0.29) is 6.10 Å². The molecule has 1 aromatic heterocycles. The Labute approximate surface area is 156 Å². The molecule has 6 nitrogen and oxygen atoms in total. The van der Waals surface area contributed by atoms with E-state index >= 15 is 0 Å². The first-order valence-corrected chi connectivity index (χ1v) is 9.67. The predicted octanol–water partition coefficient (Wildman–Crippen LogP) is 3.51. The molecule has 26 heavy (non-hydrogen) atoms. The van der Waals surface area contributed by atoms with Gasteiger partial charge in [-0.25, -0.2) is 0 Å². The van der Waals surface area contributed by atoms with Crippen molar-refractivity contribution in [1.82, 2.24) is 20.2 Å². The van der Waals surface area contributed by atoms with Gasteiger partial charge in [0.1, 0.15) is 12.4 Å². The lowest BCUT2D eigenvalue weighted by Crippen LogP contribution is -2.16. The lowest BCUT2D eigenvalue weighted by Gasteiger charge is -2.11. The molecule has 0 saturated carbocycles. The van der Waals surface area contributed by atoms with Gasteiger partial charge in [-0.05, 0) is 53.1 Å². The second kappa shape index (κ2) is 8.33. The van der Waals surface area contributed by atoms with Crippen molar-refractivity contribution < 1.29 is 9.47 Å². The zero-order valence-corrected chi connectivity index (χ0v) is 15.1. The summed E-state index contributed by atoms with van der Waals surface area (Å²) in [6.45, 7) is 1.48. The van der Waals surface area contributed by atoms with Gasteiger partial charge in [-0.1, -0.05) is 42.1 Å². The van der Waals surface area contributed by atoms with Crippen LogP contribution < -0.4 is 4.74 Å². The van der Waals surface area contributed by atoms with Crippen molar-refractivity contribution in [2.75, 3.05) is 13.2 Å². The van der Waals surface area contributed by atoms with Crippen molar-refractivity contribution >= 4 is 11.8 Å². The number of aromatic nitrogens is 4. The maximum absolute atomic E-state index is 5.80. The molecule has 1 fully saturated rings. The van der Waals surface area contributed by atoms with Gasteiger partial charge in [0.2, 0.25) is 5.16 Å². The van der Waals surface area contributed by atoms with Crippen LogP contribution >= 0.6 is 11.8 Å². The summed E-state index contributed by atoms with van der Waals surface area (Å²) in [6, 6.07) is 18.1. The second-order valence-electron chi connectivity index (χ2n) is 6.09. The van der Waals surface area contributed by atoms with Crippen LogP contribution in [0.4, 0.5) is 0 Å². The minimum atomic E-state index is 0.238. The monoisotopic (exact) mass is 368 g/mol. The maximum Gasteiger partial charge on any atom is 0.214 e. The normalized spacial score (nSPS) is 16.7. The third-order valence-corrected chi connectivity index (χ3v) is 5.18. The maximum atomic E-state index is 5.80. The minimum Gasteiger partial charge on any atom is -0.491 e. The van der Waals surface area contributed by atoms with E-state index in [1.807, 2.05) is 42.5 Å². The van der Waals surface area contributed by atoms with Crippen LogP contribution in [0.1, 0.15) is 18.4 Å². The zero-order valence-electron chi connectivity index (χ0n) is 14.3. The molecule has 0 radical (unpaired) electrons. The number of thioether (sulfide) groups is 1. The SMILES string of the molecule is c1ccc(-n2nnnc2SCc2ccc(OC[C@H]3CCCO3)cc2)cc1. The number of hydrogen-bond donors (Lipinski definition) is 0. The molecule has 0 amide bonds. The highest BCUT2D eigenvalue weighted by molar-refractivity contribution is 7.98. The van der Waals surface area contributed by atoms with Gasteiger partial charge in [-0.2, -0.15) is 4.68 Å². The number of benzene rings is 2. The van der Waals surface area contributed by atoms with Crippen LogP contribution in [-0.2, 0) is 10.5 Å². The fourth-order valence-electron chi connectivity index (χ4n) is 2.79. The van der Waals surface area contributed by atoms with Crippen molar-refractivity contribution in [2.45, 2.75) is 29.9 Å². The zero-order chi connectivity index (χ0) is 17.6. The van der Waals surface area contributed by atoms with Crippen molar-refractivity contribution in [3.63, 3.8) is 0 Å². The van der Waals surface area contributed by atoms with E-state index in [9.17, 15) is 0 Å². The summed E-state index contributed by atoms with van der Waals surface area (Å²) in [7, 11) is 0. The fraction of sp³-hybridized carbons (Fsp3) is 0.316. The Morgan fingerprint density at radius 2 is 1.96 bits per heavy atom. The summed E-state index contributed by atoms with van der Waals surface area (Å²) in [5.74, 6) is 1.67. The molecule has 0 bridgehead atoms. The van der Waals surface area contributed by atoms with Gasteiger partial charge in [0.25, 0.3) is 0 Å². The third kappa shape index (κ3) is 4.23. The van der Waals surface area contributed by atoms with Gasteiger partial charge in [-0.15, -0.1) is 5.10 Å². The summed E-state index contributed by atoms with van der Waals surface area (Å²) in [4.78, 5) is 0. The predicted molar refractivity (Wildman–Crippen MR) is 99.6 cm³/mol. The second-order valence-corrected chi connectivity index (χ2v) is 7.03. The Morgan fingerprint density at radius 3 is 2.73 bits per heavy atom. The first-order valence-electron chi connectivity index (χ1n) is 8.68. The van der Waals surface area contributed by atoms with Crippen molar-refractivity contribution in [3.8, 4) is 11.4 Å². The number of ether oxygens (including phenoxy) is 2. The first-order chi connectivity index (χ1) is 12.9. The molecule has 2 aromatic carbocycles. The molecular weight excluding hydrogens is 348 g/mol. The number of tetrazole rings is 1. The van der Waals surface area contributed by atoms with Crippen LogP contribution in [0.2, 0.25) is 0 Å². The van der Waals surface area contributed by atoms with E-state index in [1.165, 1.54) is 5.56 Å². The van der Waals surface area contributed by atoms with Gasteiger partial charge in [0.05, 0.1) is 11.8 Å². The molecule has 3 aromatic rings. The molecule has 0 unspecified atom stereocenters. The van der Waals surface area contributed by atoms with Crippen LogP contribution in [0.5, 0.6) is 5.75 Å². The highest BCUT2D eigenvalue weighted by Crippen LogP contribution is 2.24. The minimum absolute atomic E-state index is 0.238. The number of hydrogen-bond acceptors (Lipinski definition) is 6. The molecule has 0 spiro atoms. The Balaban J connectivity index is 1.33. The number of nitrogens with zero attached hydrogens (tertiary/aromatic N) is 4. The van der Waals surface area contributed by atoms with E-state index < -0.39 is 0 Å². The Kier molecular flexibility index (Phi) is 5.47. The molecule has 0 N–H and O–H groups in total. The van der Waals surface area contributed by atoms with Crippen LogP contribution in [0.25, 0.3) is 5.69 Å². The van der Waals surface area contributed by atoms with Crippen molar-refractivity contribution in [1.29, 1.82) is 0 Å². The van der Waals surface area contributed by atoms with Crippen molar-refractivity contribution in [2.24, 2.45) is 0 Å². The van der Waals surface area contributed by atoms with Crippen LogP contribution in [-0.4, -0.2) is 39.5 Å². The first kappa shape index (κ1) is 17.1. The molecule has 1 aliphatic rings. The molecular formula is C19H20N4O2S. The van der Waals surface area contributed by atoms with Crippen LogP contribution in [0, 0.1) is 0 Å². The van der Waals surface area contributed by atoms with Crippen LogP contribution in [0.15, 0.2) is 59.8 Å². The summed E-state index contributed by atoms with van der Waals surface area (Å²) in [6.07, 6.45) is 2.46. The Morgan fingerprint density at radius 1 is 1.12 bits per heavy atom. The molecule has 0 aliphatic carbocycles. The fourth-order valence-corrected chi connectivity index (χ4v) is 3.64. The quantitative estimate of drug-likeness (QED) is 0.595. The van der Waals surface area contributed by atoms with E-state index in [0.717, 1.165) is 41.8 Å². The van der Waals surface area contributed by atoms with Crippen molar-refractivity contribution in [3.05, 3.63) is 60.2 Å². The summed E-state index contributed by atoms with van der Waals surface area (Å²) >= 11 is 1.61. The van der Waals surface area contributed by atoms with E-state index in [4.69, 9.17) is 9.47 Å². The summed E-state index contributed by atoms with van der Waals surface area (Å²) in [5, 5.41) is 12.8. The Bertz CT molecular complexity index is 817. The molecule has 1 aliphatic heterocycles. The highest BCUT2D eigenvalue weighted by Gasteiger charge is 2.16. The average molecular weight is 368 g/mol. The highest BCUT2D eigenvalue weighted by atomic mass is 32.2. The van der Waals surface area contributed by atoms with E-state index in [1.54, 1.807) is 16.4 Å². The lowest BCUT2D eigenvalue weighted by atomic mass is 10.2. The summed E-state index contributed by atoms with van der Waals surface area (Å²) in [5.41, 5.74) is 2.15.